The van der Waals surface area contributed by atoms with Crippen LogP contribution in [0.15, 0.2) is 46.9 Å². The van der Waals surface area contributed by atoms with E-state index < -0.39 is 11.6 Å². The molecule has 0 saturated heterocycles. The number of hydrogen-bond donors (Lipinski definition) is 1. The Labute approximate surface area is 113 Å². The van der Waals surface area contributed by atoms with Gasteiger partial charge in [-0.2, -0.15) is 0 Å². The van der Waals surface area contributed by atoms with E-state index in [1.807, 2.05) is 24.3 Å². The van der Waals surface area contributed by atoms with Gasteiger partial charge in [-0.15, -0.1) is 0 Å². The minimum absolute atomic E-state index is 0.305. The van der Waals surface area contributed by atoms with Gasteiger partial charge in [-0.05, 0) is 23.8 Å². The van der Waals surface area contributed by atoms with Crippen molar-refractivity contribution in [2.75, 3.05) is 0 Å². The molecule has 0 saturated carbocycles. The molecule has 0 heterocycles. The van der Waals surface area contributed by atoms with E-state index in [0.717, 1.165) is 16.1 Å². The lowest BCUT2D eigenvalue weighted by Crippen LogP contribution is -2.14. The van der Waals surface area contributed by atoms with Crippen molar-refractivity contribution in [2.45, 2.75) is 13.1 Å². The van der Waals surface area contributed by atoms with Crippen molar-refractivity contribution in [3.05, 3.63) is 69.7 Å². The number of rotatable bonds is 4. The van der Waals surface area contributed by atoms with Crippen LogP contribution < -0.4 is 5.32 Å². The number of nitrogens with one attached hydrogen (secondary N) is 1. The van der Waals surface area contributed by atoms with Crippen molar-refractivity contribution in [3.63, 3.8) is 0 Å². The molecule has 0 spiro atoms. The summed E-state index contributed by atoms with van der Waals surface area (Å²) in [5.74, 6) is -1.58. The second kappa shape index (κ2) is 6.07. The summed E-state index contributed by atoms with van der Waals surface area (Å²) in [6.07, 6.45) is 0. The molecule has 0 aliphatic carbocycles. The van der Waals surface area contributed by atoms with Crippen LogP contribution in [0.25, 0.3) is 0 Å². The van der Waals surface area contributed by atoms with Gasteiger partial charge in [0.2, 0.25) is 0 Å². The van der Waals surface area contributed by atoms with Crippen molar-refractivity contribution < 1.29 is 8.78 Å². The topological polar surface area (TPSA) is 12.0 Å². The van der Waals surface area contributed by atoms with Crippen molar-refractivity contribution in [3.8, 4) is 0 Å². The van der Waals surface area contributed by atoms with Gasteiger partial charge in [0, 0.05) is 23.1 Å². The summed E-state index contributed by atoms with van der Waals surface area (Å²) in [6, 6.07) is 12.0. The van der Waals surface area contributed by atoms with E-state index in [9.17, 15) is 8.78 Å². The third-order valence-electron chi connectivity index (χ3n) is 2.59. The summed E-state index contributed by atoms with van der Waals surface area (Å²) >= 11 is 3.36. The average Bonchev–Trinajstić information content (AvgIpc) is 2.37. The zero-order chi connectivity index (χ0) is 13.0. The monoisotopic (exact) mass is 311 g/mol. The molecule has 0 fully saturated rings. The smallest absolute Gasteiger partial charge is 0.163 e. The first-order valence-corrected chi connectivity index (χ1v) is 6.34. The van der Waals surface area contributed by atoms with Crippen LogP contribution in [-0.4, -0.2) is 0 Å². The molecule has 94 valence electrons. The third kappa shape index (κ3) is 3.37. The molecule has 2 aromatic rings. The first kappa shape index (κ1) is 13.2. The van der Waals surface area contributed by atoms with E-state index in [2.05, 4.69) is 21.2 Å². The van der Waals surface area contributed by atoms with Gasteiger partial charge in [0.1, 0.15) is 0 Å². The van der Waals surface area contributed by atoms with Gasteiger partial charge in [0.25, 0.3) is 0 Å². The zero-order valence-electron chi connectivity index (χ0n) is 9.59. The SMILES string of the molecule is Fc1cccc(CNCc2ccc(Br)cc2)c1F. The fourth-order valence-corrected chi connectivity index (χ4v) is 1.89. The lowest BCUT2D eigenvalue weighted by Gasteiger charge is -2.06. The van der Waals surface area contributed by atoms with Gasteiger partial charge in [-0.25, -0.2) is 8.78 Å². The molecular weight excluding hydrogens is 300 g/mol. The van der Waals surface area contributed by atoms with Crippen molar-refractivity contribution in [1.29, 1.82) is 0 Å². The van der Waals surface area contributed by atoms with Gasteiger partial charge < -0.3 is 5.32 Å². The summed E-state index contributed by atoms with van der Waals surface area (Å²) in [6.45, 7) is 0.920. The van der Waals surface area contributed by atoms with Crippen LogP contribution in [0.2, 0.25) is 0 Å². The van der Waals surface area contributed by atoms with Crippen molar-refractivity contribution >= 4 is 15.9 Å². The minimum Gasteiger partial charge on any atom is -0.309 e. The summed E-state index contributed by atoms with van der Waals surface area (Å²) < 4.78 is 27.3. The van der Waals surface area contributed by atoms with E-state index in [1.54, 1.807) is 6.07 Å². The van der Waals surface area contributed by atoms with E-state index in [4.69, 9.17) is 0 Å². The molecule has 0 unspecified atom stereocenters. The molecule has 0 amide bonds. The van der Waals surface area contributed by atoms with Crippen LogP contribution in [-0.2, 0) is 13.1 Å². The fourth-order valence-electron chi connectivity index (χ4n) is 1.63. The lowest BCUT2D eigenvalue weighted by atomic mass is 10.2. The Morgan fingerprint density at radius 3 is 2.39 bits per heavy atom. The van der Waals surface area contributed by atoms with Gasteiger partial charge in [-0.1, -0.05) is 40.2 Å². The molecule has 0 aliphatic rings. The highest BCUT2D eigenvalue weighted by Gasteiger charge is 2.06. The third-order valence-corrected chi connectivity index (χ3v) is 3.12. The van der Waals surface area contributed by atoms with Crippen molar-refractivity contribution in [1.82, 2.24) is 5.32 Å². The predicted octanol–water partition coefficient (Wildman–Crippen LogP) is 4.02. The van der Waals surface area contributed by atoms with E-state index >= 15 is 0 Å². The molecule has 0 radical (unpaired) electrons. The predicted molar refractivity (Wildman–Crippen MR) is 71.0 cm³/mol. The Hall–Kier alpha value is -1.26. The van der Waals surface area contributed by atoms with Gasteiger partial charge in [0.15, 0.2) is 11.6 Å². The maximum absolute atomic E-state index is 13.4. The summed E-state index contributed by atoms with van der Waals surface area (Å²) in [5, 5.41) is 3.08. The van der Waals surface area contributed by atoms with Gasteiger partial charge >= 0.3 is 0 Å². The van der Waals surface area contributed by atoms with Gasteiger partial charge in [-0.3, -0.25) is 0 Å². The molecule has 18 heavy (non-hydrogen) atoms. The van der Waals surface area contributed by atoms with Crippen molar-refractivity contribution in [2.24, 2.45) is 0 Å². The quantitative estimate of drug-likeness (QED) is 0.899. The number of halogens is 3. The van der Waals surface area contributed by atoms with Crippen LogP contribution in [0.4, 0.5) is 8.78 Å². The Morgan fingerprint density at radius 2 is 1.67 bits per heavy atom. The van der Waals surface area contributed by atoms with Crippen LogP contribution in [0.3, 0.4) is 0 Å². The van der Waals surface area contributed by atoms with Crippen LogP contribution in [0.5, 0.6) is 0 Å². The normalized spacial score (nSPS) is 10.6. The van der Waals surface area contributed by atoms with Crippen LogP contribution in [0, 0.1) is 11.6 Å². The molecule has 1 nitrogen and oxygen atoms in total. The second-order valence-corrected chi connectivity index (χ2v) is 4.86. The fraction of sp³-hybridized carbons (Fsp3) is 0.143. The molecule has 0 atom stereocenters. The second-order valence-electron chi connectivity index (χ2n) is 3.94. The molecule has 0 bridgehead atoms. The molecule has 2 aromatic carbocycles. The number of hydrogen-bond acceptors (Lipinski definition) is 1. The van der Waals surface area contributed by atoms with Crippen LogP contribution in [0.1, 0.15) is 11.1 Å². The highest BCUT2D eigenvalue weighted by molar-refractivity contribution is 9.10. The summed E-state index contributed by atoms with van der Waals surface area (Å²) in [5.41, 5.74) is 1.43. The Bertz CT molecular complexity index is 526. The molecule has 4 heteroatoms. The Balaban J connectivity index is 1.92. The van der Waals surface area contributed by atoms with E-state index in [-0.39, 0.29) is 0 Å². The molecule has 0 aliphatic heterocycles. The number of benzene rings is 2. The minimum atomic E-state index is -0.807. The summed E-state index contributed by atoms with van der Waals surface area (Å²) in [4.78, 5) is 0. The van der Waals surface area contributed by atoms with Gasteiger partial charge in [0.05, 0.1) is 0 Å². The van der Waals surface area contributed by atoms with Crippen LogP contribution >= 0.6 is 15.9 Å². The molecule has 0 aromatic heterocycles. The standard InChI is InChI=1S/C14H12BrF2N/c15-12-6-4-10(5-7-12)8-18-9-11-2-1-3-13(16)14(11)17/h1-7,18H,8-9H2. The average molecular weight is 312 g/mol. The first-order valence-electron chi connectivity index (χ1n) is 5.55. The Kier molecular flexibility index (Phi) is 4.44. The van der Waals surface area contributed by atoms with E-state index in [1.165, 1.54) is 6.07 Å². The maximum atomic E-state index is 13.4. The van der Waals surface area contributed by atoms with E-state index in [0.29, 0.717) is 18.7 Å². The molecule has 1 N–H and O–H groups in total. The zero-order valence-corrected chi connectivity index (χ0v) is 11.2. The highest BCUT2D eigenvalue weighted by Crippen LogP contribution is 2.12. The highest BCUT2D eigenvalue weighted by atomic mass is 79.9. The largest absolute Gasteiger partial charge is 0.309 e. The molecule has 2 rings (SSSR count). The summed E-state index contributed by atoms with van der Waals surface area (Å²) in [7, 11) is 0. The Morgan fingerprint density at radius 1 is 0.944 bits per heavy atom. The lowest BCUT2D eigenvalue weighted by molar-refractivity contribution is 0.492. The molecular formula is C14H12BrF2N. The first-order chi connectivity index (χ1) is 8.66. The maximum Gasteiger partial charge on any atom is 0.163 e.